The summed E-state index contributed by atoms with van der Waals surface area (Å²) < 4.78 is 0. The van der Waals surface area contributed by atoms with E-state index in [0.29, 0.717) is 6.54 Å². The van der Waals surface area contributed by atoms with Crippen molar-refractivity contribution < 1.29 is 9.59 Å². The number of piperidine rings is 2. The fourth-order valence-corrected chi connectivity index (χ4v) is 2.49. The molecule has 2 aliphatic rings. The smallest absolute Gasteiger partial charge is 0.242 e. The molecule has 2 fully saturated rings. The lowest BCUT2D eigenvalue weighted by Gasteiger charge is -2.34. The van der Waals surface area contributed by atoms with Gasteiger partial charge < -0.3 is 16.0 Å². The van der Waals surface area contributed by atoms with Gasteiger partial charge in [0.2, 0.25) is 11.8 Å². The van der Waals surface area contributed by atoms with Gasteiger partial charge in [0.25, 0.3) is 0 Å². The molecule has 2 rings (SSSR count). The molecule has 0 radical (unpaired) electrons. The second kappa shape index (κ2) is 5.04. The van der Waals surface area contributed by atoms with Crippen LogP contribution in [0.4, 0.5) is 0 Å². The Hall–Kier alpha value is -1.10. The highest BCUT2D eigenvalue weighted by molar-refractivity contribution is 5.90. The molecule has 2 saturated heterocycles. The molecule has 0 saturated carbocycles. The average molecular weight is 239 g/mol. The lowest BCUT2D eigenvalue weighted by atomic mass is 9.81. The third-order valence-corrected chi connectivity index (χ3v) is 3.74. The second-order valence-electron chi connectivity index (χ2n) is 5.30. The predicted molar refractivity (Wildman–Crippen MR) is 64.4 cm³/mol. The van der Waals surface area contributed by atoms with Gasteiger partial charge in [-0.25, -0.2) is 0 Å². The Kier molecular flexibility index (Phi) is 3.66. The van der Waals surface area contributed by atoms with Crippen molar-refractivity contribution in [2.75, 3.05) is 19.6 Å². The van der Waals surface area contributed by atoms with Crippen LogP contribution in [0, 0.1) is 5.41 Å². The van der Waals surface area contributed by atoms with Crippen molar-refractivity contribution in [3.63, 3.8) is 0 Å². The second-order valence-corrected chi connectivity index (χ2v) is 5.30. The maximum absolute atomic E-state index is 12.2. The average Bonchev–Trinajstić information content (AvgIpc) is 2.33. The standard InChI is InChI=1S/C12H21N3O2/c1-12(5-3-6-13-8-12)11(17)15-9-4-2-7-14-10(9)16/h9,13H,2-8H2,1H3,(H,14,16)(H,15,17). The minimum absolute atomic E-state index is 0.00625. The Labute approximate surface area is 102 Å². The van der Waals surface area contributed by atoms with E-state index in [0.717, 1.165) is 38.8 Å². The van der Waals surface area contributed by atoms with E-state index in [1.165, 1.54) is 0 Å². The van der Waals surface area contributed by atoms with Gasteiger partial charge in [0.1, 0.15) is 6.04 Å². The van der Waals surface area contributed by atoms with E-state index in [1.807, 2.05) is 6.92 Å². The molecule has 2 amide bonds. The molecule has 0 aliphatic carbocycles. The number of nitrogens with one attached hydrogen (secondary N) is 3. The van der Waals surface area contributed by atoms with E-state index in [-0.39, 0.29) is 23.3 Å². The van der Waals surface area contributed by atoms with Crippen LogP contribution in [0.5, 0.6) is 0 Å². The maximum Gasteiger partial charge on any atom is 0.242 e. The predicted octanol–water partition coefficient (Wildman–Crippen LogP) is -0.229. The van der Waals surface area contributed by atoms with Crippen LogP contribution in [0.2, 0.25) is 0 Å². The molecule has 2 unspecified atom stereocenters. The summed E-state index contributed by atoms with van der Waals surface area (Å²) in [6.45, 7) is 4.37. The molecule has 5 heteroatoms. The zero-order valence-corrected chi connectivity index (χ0v) is 10.3. The van der Waals surface area contributed by atoms with Crippen LogP contribution < -0.4 is 16.0 Å². The summed E-state index contributed by atoms with van der Waals surface area (Å²) in [6.07, 6.45) is 3.59. The monoisotopic (exact) mass is 239 g/mol. The molecule has 0 aromatic rings. The Morgan fingerprint density at radius 1 is 1.41 bits per heavy atom. The van der Waals surface area contributed by atoms with Crippen LogP contribution in [0.1, 0.15) is 32.6 Å². The number of hydrogen-bond acceptors (Lipinski definition) is 3. The highest BCUT2D eigenvalue weighted by atomic mass is 16.2. The normalized spacial score (nSPS) is 33.9. The molecule has 17 heavy (non-hydrogen) atoms. The number of carbonyl (C=O) groups is 2. The molecule has 0 aromatic carbocycles. The van der Waals surface area contributed by atoms with Gasteiger partial charge in [0, 0.05) is 13.1 Å². The number of carbonyl (C=O) groups excluding carboxylic acids is 2. The zero-order valence-electron chi connectivity index (χ0n) is 10.3. The van der Waals surface area contributed by atoms with Gasteiger partial charge in [-0.3, -0.25) is 9.59 Å². The minimum Gasteiger partial charge on any atom is -0.354 e. The molecule has 5 nitrogen and oxygen atoms in total. The molecule has 0 spiro atoms. The van der Waals surface area contributed by atoms with E-state index in [4.69, 9.17) is 0 Å². The topological polar surface area (TPSA) is 70.2 Å². The van der Waals surface area contributed by atoms with Crippen LogP contribution in [0.15, 0.2) is 0 Å². The van der Waals surface area contributed by atoms with Crippen molar-refractivity contribution >= 4 is 11.8 Å². The van der Waals surface area contributed by atoms with Gasteiger partial charge in [-0.15, -0.1) is 0 Å². The fourth-order valence-electron chi connectivity index (χ4n) is 2.49. The number of rotatable bonds is 2. The minimum atomic E-state index is -0.365. The summed E-state index contributed by atoms with van der Waals surface area (Å²) in [5.41, 5.74) is -0.365. The first-order chi connectivity index (χ1) is 8.12. The Balaban J connectivity index is 1.93. The molecule has 2 heterocycles. The molecule has 2 atom stereocenters. The largest absolute Gasteiger partial charge is 0.354 e. The Bertz CT molecular complexity index is 311. The summed E-state index contributed by atoms with van der Waals surface area (Å²) in [6, 6.07) is -0.338. The van der Waals surface area contributed by atoms with Gasteiger partial charge in [0.15, 0.2) is 0 Å². The first-order valence-corrected chi connectivity index (χ1v) is 6.41. The summed E-state index contributed by atoms with van der Waals surface area (Å²) in [7, 11) is 0. The molecular formula is C12H21N3O2. The lowest BCUT2D eigenvalue weighted by molar-refractivity contribution is -0.136. The van der Waals surface area contributed by atoms with Crippen molar-refractivity contribution in [3.8, 4) is 0 Å². The van der Waals surface area contributed by atoms with Gasteiger partial charge in [-0.1, -0.05) is 0 Å². The molecule has 96 valence electrons. The quantitative estimate of drug-likeness (QED) is 0.623. The van der Waals surface area contributed by atoms with Crippen LogP contribution >= 0.6 is 0 Å². The highest BCUT2D eigenvalue weighted by Crippen LogP contribution is 2.25. The van der Waals surface area contributed by atoms with Gasteiger partial charge in [-0.2, -0.15) is 0 Å². The summed E-state index contributed by atoms with van der Waals surface area (Å²) >= 11 is 0. The third kappa shape index (κ3) is 2.77. The van der Waals surface area contributed by atoms with Crippen molar-refractivity contribution in [3.05, 3.63) is 0 Å². The van der Waals surface area contributed by atoms with Gasteiger partial charge in [-0.05, 0) is 39.2 Å². The van der Waals surface area contributed by atoms with Crippen LogP contribution in [0.3, 0.4) is 0 Å². The number of hydrogen-bond donors (Lipinski definition) is 3. The van der Waals surface area contributed by atoms with Crippen LogP contribution in [-0.2, 0) is 9.59 Å². The SMILES string of the molecule is CC1(C(=O)NC2CCCNC2=O)CCCNC1. The first-order valence-electron chi connectivity index (χ1n) is 6.41. The van der Waals surface area contributed by atoms with E-state index >= 15 is 0 Å². The Morgan fingerprint density at radius 3 is 2.88 bits per heavy atom. The third-order valence-electron chi connectivity index (χ3n) is 3.74. The fraction of sp³-hybridized carbons (Fsp3) is 0.833. The molecule has 2 aliphatic heterocycles. The summed E-state index contributed by atoms with van der Waals surface area (Å²) in [4.78, 5) is 23.8. The van der Waals surface area contributed by atoms with E-state index in [1.54, 1.807) is 0 Å². The maximum atomic E-state index is 12.2. The van der Waals surface area contributed by atoms with Gasteiger partial charge in [0.05, 0.1) is 5.41 Å². The lowest BCUT2D eigenvalue weighted by Crippen LogP contribution is -2.56. The molecule has 0 aromatic heterocycles. The highest BCUT2D eigenvalue weighted by Gasteiger charge is 2.36. The summed E-state index contributed by atoms with van der Waals surface area (Å²) in [5, 5.41) is 8.91. The van der Waals surface area contributed by atoms with Crippen molar-refractivity contribution in [1.29, 1.82) is 0 Å². The Morgan fingerprint density at radius 2 is 2.24 bits per heavy atom. The molecule has 0 bridgehead atoms. The first kappa shape index (κ1) is 12.4. The van der Waals surface area contributed by atoms with E-state index < -0.39 is 0 Å². The van der Waals surface area contributed by atoms with Gasteiger partial charge >= 0.3 is 0 Å². The van der Waals surface area contributed by atoms with Crippen molar-refractivity contribution in [2.45, 2.75) is 38.6 Å². The van der Waals surface area contributed by atoms with Crippen LogP contribution in [-0.4, -0.2) is 37.5 Å². The van der Waals surface area contributed by atoms with Crippen molar-refractivity contribution in [1.82, 2.24) is 16.0 Å². The number of amides is 2. The van der Waals surface area contributed by atoms with E-state index in [2.05, 4.69) is 16.0 Å². The zero-order chi connectivity index (χ0) is 12.3. The van der Waals surface area contributed by atoms with Crippen molar-refractivity contribution in [2.24, 2.45) is 5.41 Å². The molecular weight excluding hydrogens is 218 g/mol. The molecule has 3 N–H and O–H groups in total. The van der Waals surface area contributed by atoms with Crippen LogP contribution in [0.25, 0.3) is 0 Å². The van der Waals surface area contributed by atoms with E-state index in [9.17, 15) is 9.59 Å². The summed E-state index contributed by atoms with van der Waals surface area (Å²) in [5.74, 6) is -0.0382.